The van der Waals surface area contributed by atoms with Crippen molar-refractivity contribution >= 4 is 40.7 Å². The molecule has 1 aliphatic carbocycles. The Hall–Kier alpha value is -3.10. The topological polar surface area (TPSA) is 93.8 Å². The van der Waals surface area contributed by atoms with Crippen LogP contribution in [0.2, 0.25) is 5.02 Å². The fourth-order valence-electron chi connectivity index (χ4n) is 5.72. The maximum atomic E-state index is 13.1. The molecule has 3 aliphatic rings. The van der Waals surface area contributed by atoms with Crippen molar-refractivity contribution in [2.75, 3.05) is 36.9 Å². The third kappa shape index (κ3) is 6.13. The van der Waals surface area contributed by atoms with Gasteiger partial charge in [-0.25, -0.2) is 0 Å². The smallest absolute Gasteiger partial charge is 0.251 e. The van der Waals surface area contributed by atoms with E-state index in [9.17, 15) is 14.4 Å². The molecule has 2 aromatic rings. The Morgan fingerprint density at radius 3 is 2.37 bits per heavy atom. The van der Waals surface area contributed by atoms with Crippen LogP contribution in [0.1, 0.15) is 54.4 Å². The Morgan fingerprint density at radius 1 is 0.974 bits per heavy atom. The van der Waals surface area contributed by atoms with E-state index < -0.39 is 0 Å². The molecule has 2 aromatic carbocycles. The van der Waals surface area contributed by atoms with Gasteiger partial charge in [0.05, 0.1) is 6.54 Å². The molecule has 0 bridgehead atoms. The minimum Gasteiger partial charge on any atom is -0.373 e. The van der Waals surface area contributed by atoms with Crippen LogP contribution < -0.4 is 20.9 Å². The van der Waals surface area contributed by atoms with Crippen LogP contribution in [-0.2, 0) is 16.0 Å². The van der Waals surface area contributed by atoms with E-state index in [1.807, 2.05) is 30.3 Å². The molecule has 2 aliphatic heterocycles. The number of benzene rings is 2. The number of nitrogens with zero attached hydrogens (tertiary/aromatic N) is 2. The molecule has 0 aromatic heterocycles. The van der Waals surface area contributed by atoms with Gasteiger partial charge >= 0.3 is 0 Å². The van der Waals surface area contributed by atoms with Crippen LogP contribution >= 0.6 is 11.6 Å². The number of nitrogens with one attached hydrogen (secondary N) is 3. The van der Waals surface area contributed by atoms with E-state index in [4.69, 9.17) is 11.6 Å². The maximum Gasteiger partial charge on any atom is 0.251 e. The molecule has 0 spiro atoms. The molecule has 9 heteroatoms. The first-order chi connectivity index (χ1) is 18.4. The van der Waals surface area contributed by atoms with E-state index in [-0.39, 0.29) is 35.8 Å². The fourth-order valence-corrected chi connectivity index (χ4v) is 5.91. The van der Waals surface area contributed by atoms with Gasteiger partial charge in [-0.05, 0) is 86.8 Å². The van der Waals surface area contributed by atoms with Crippen LogP contribution in [0.4, 0.5) is 11.4 Å². The van der Waals surface area contributed by atoms with E-state index in [2.05, 4.69) is 20.9 Å². The second-order valence-electron chi connectivity index (χ2n) is 10.7. The van der Waals surface area contributed by atoms with Crippen LogP contribution in [0.5, 0.6) is 0 Å². The number of hydrogen-bond donors (Lipinski definition) is 3. The first-order valence-corrected chi connectivity index (χ1v) is 14.0. The molecule has 2 heterocycles. The zero-order valence-corrected chi connectivity index (χ0v) is 22.6. The predicted octanol–water partition coefficient (Wildman–Crippen LogP) is 3.59. The zero-order chi connectivity index (χ0) is 26.6. The highest BCUT2D eigenvalue weighted by atomic mass is 35.5. The van der Waals surface area contributed by atoms with Crippen molar-refractivity contribution in [3.05, 3.63) is 58.6 Å². The van der Waals surface area contributed by atoms with Crippen LogP contribution in [0.15, 0.2) is 42.5 Å². The largest absolute Gasteiger partial charge is 0.373 e. The van der Waals surface area contributed by atoms with E-state index in [1.54, 1.807) is 24.1 Å². The Kier molecular flexibility index (Phi) is 8.19. The number of carbonyl (C=O) groups is 3. The highest BCUT2D eigenvalue weighted by Gasteiger charge is 2.32. The molecule has 1 saturated heterocycles. The summed E-state index contributed by atoms with van der Waals surface area (Å²) < 4.78 is 0. The summed E-state index contributed by atoms with van der Waals surface area (Å²) in [6, 6.07) is 12.1. The number of rotatable bonds is 7. The van der Waals surface area contributed by atoms with Crippen molar-refractivity contribution < 1.29 is 14.4 Å². The predicted molar refractivity (Wildman–Crippen MR) is 150 cm³/mol. The fraction of sp³-hybridized carbons (Fsp3) is 0.483. The van der Waals surface area contributed by atoms with Crippen molar-refractivity contribution in [2.45, 2.75) is 63.1 Å². The molecule has 0 radical (unpaired) electrons. The number of likely N-dealkylation sites (N-methyl/N-ethyl adjacent to an activating group) is 1. The van der Waals surface area contributed by atoms with Crippen molar-refractivity contribution in [1.82, 2.24) is 15.5 Å². The molecule has 3 N–H and O–H groups in total. The molecule has 1 saturated carbocycles. The van der Waals surface area contributed by atoms with Gasteiger partial charge in [-0.15, -0.1) is 0 Å². The summed E-state index contributed by atoms with van der Waals surface area (Å²) in [4.78, 5) is 42.6. The Morgan fingerprint density at radius 2 is 1.66 bits per heavy atom. The monoisotopic (exact) mass is 537 g/mol. The molecule has 38 heavy (non-hydrogen) atoms. The summed E-state index contributed by atoms with van der Waals surface area (Å²) in [5.41, 5.74) is 3.28. The lowest BCUT2D eigenvalue weighted by atomic mass is 9.89. The number of fused-ring (bicyclic) bond motifs is 1. The van der Waals surface area contributed by atoms with Crippen LogP contribution in [0.25, 0.3) is 0 Å². The average Bonchev–Trinajstić information content (AvgIpc) is 3.59. The van der Waals surface area contributed by atoms with Gasteiger partial charge in [0.25, 0.3) is 5.91 Å². The summed E-state index contributed by atoms with van der Waals surface area (Å²) in [6.45, 7) is 2.37. The molecule has 5 rings (SSSR count). The van der Waals surface area contributed by atoms with Crippen LogP contribution in [0.3, 0.4) is 0 Å². The van der Waals surface area contributed by atoms with Gasteiger partial charge < -0.3 is 20.9 Å². The molecule has 3 atom stereocenters. The van der Waals surface area contributed by atoms with Crippen LogP contribution in [0, 0.1) is 0 Å². The van der Waals surface area contributed by atoms with Crippen molar-refractivity contribution in [2.24, 2.45) is 0 Å². The SMILES string of the molecule is CN(C(=O)CN1CCCC1)c1ccc(C(=O)NC2CCCCC2NC(=O)C2Cc3cc(Cl)ccc3N2)cc1. The lowest BCUT2D eigenvalue weighted by Crippen LogP contribution is -2.55. The molecule has 8 nitrogen and oxygen atoms in total. The molecular weight excluding hydrogens is 502 g/mol. The summed E-state index contributed by atoms with van der Waals surface area (Å²) in [7, 11) is 1.77. The van der Waals surface area contributed by atoms with Gasteiger partial charge in [0.1, 0.15) is 6.04 Å². The van der Waals surface area contributed by atoms with Gasteiger partial charge in [-0.2, -0.15) is 0 Å². The number of hydrogen-bond acceptors (Lipinski definition) is 5. The Bertz CT molecular complexity index is 1180. The van der Waals surface area contributed by atoms with E-state index in [0.717, 1.165) is 68.6 Å². The highest BCUT2D eigenvalue weighted by molar-refractivity contribution is 6.30. The summed E-state index contributed by atoms with van der Waals surface area (Å²) in [6.07, 6.45) is 6.54. The standard InChI is InChI=1S/C29H36ClN5O3/c1-34(27(36)18-35-14-4-5-15-35)22-11-8-19(9-12-22)28(37)32-24-6-2-3-7-25(24)33-29(38)26-17-20-16-21(30)10-13-23(20)31-26/h8-13,16,24-26,31H,2-7,14-15,17-18H2,1H3,(H,32,37)(H,33,38). The Balaban J connectivity index is 1.16. The number of halogens is 1. The van der Waals surface area contributed by atoms with Gasteiger partial charge in [0.2, 0.25) is 11.8 Å². The summed E-state index contributed by atoms with van der Waals surface area (Å²) >= 11 is 6.11. The Labute approximate surface area is 229 Å². The molecular formula is C29H36ClN5O3. The first-order valence-electron chi connectivity index (χ1n) is 13.6. The molecule has 3 unspecified atom stereocenters. The van der Waals surface area contributed by atoms with E-state index in [1.165, 1.54) is 0 Å². The van der Waals surface area contributed by atoms with Crippen molar-refractivity contribution in [1.29, 1.82) is 0 Å². The number of amides is 3. The van der Waals surface area contributed by atoms with Crippen molar-refractivity contribution in [3.8, 4) is 0 Å². The zero-order valence-electron chi connectivity index (χ0n) is 21.8. The molecule has 202 valence electrons. The maximum absolute atomic E-state index is 13.1. The first kappa shape index (κ1) is 26.5. The van der Waals surface area contributed by atoms with E-state index >= 15 is 0 Å². The van der Waals surface area contributed by atoms with E-state index in [0.29, 0.717) is 23.6 Å². The molecule has 2 fully saturated rings. The van der Waals surface area contributed by atoms with Gasteiger partial charge in [0, 0.05) is 47.5 Å². The third-order valence-electron chi connectivity index (χ3n) is 8.00. The van der Waals surface area contributed by atoms with Crippen molar-refractivity contribution in [3.63, 3.8) is 0 Å². The second kappa shape index (κ2) is 11.7. The molecule has 3 amide bonds. The number of anilines is 2. The lowest BCUT2D eigenvalue weighted by Gasteiger charge is -2.33. The minimum absolute atomic E-state index is 0.0489. The normalized spacial score (nSPS) is 22.8. The van der Waals surface area contributed by atoms with Crippen LogP contribution in [-0.4, -0.2) is 67.4 Å². The minimum atomic E-state index is -0.348. The van der Waals surface area contributed by atoms with Gasteiger partial charge in [0.15, 0.2) is 0 Å². The number of likely N-dealkylation sites (tertiary alicyclic amines) is 1. The average molecular weight is 538 g/mol. The quantitative estimate of drug-likeness (QED) is 0.502. The highest BCUT2D eigenvalue weighted by Crippen LogP contribution is 2.29. The second-order valence-corrected chi connectivity index (χ2v) is 11.1. The number of carbonyl (C=O) groups excluding carboxylic acids is 3. The third-order valence-corrected chi connectivity index (χ3v) is 8.23. The van der Waals surface area contributed by atoms with Gasteiger partial charge in [-0.1, -0.05) is 24.4 Å². The lowest BCUT2D eigenvalue weighted by molar-refractivity contribution is -0.123. The van der Waals surface area contributed by atoms with Gasteiger partial charge in [-0.3, -0.25) is 19.3 Å². The summed E-state index contributed by atoms with van der Waals surface area (Å²) in [5.74, 6) is -0.183. The summed E-state index contributed by atoms with van der Waals surface area (Å²) in [5, 5.41) is 10.3.